The molecule has 0 spiro atoms. The van der Waals surface area contributed by atoms with Gasteiger partial charge in [-0.1, -0.05) is 11.6 Å². The maximum atomic E-state index is 14.2. The van der Waals surface area contributed by atoms with E-state index in [0.717, 1.165) is 0 Å². The van der Waals surface area contributed by atoms with Gasteiger partial charge in [0.25, 0.3) is 0 Å². The van der Waals surface area contributed by atoms with Gasteiger partial charge in [0, 0.05) is 11.1 Å². The summed E-state index contributed by atoms with van der Waals surface area (Å²) in [6, 6.07) is 9.33. The van der Waals surface area contributed by atoms with Crippen molar-refractivity contribution in [1.29, 1.82) is 0 Å². The van der Waals surface area contributed by atoms with Gasteiger partial charge in [0.2, 0.25) is 0 Å². The lowest BCUT2D eigenvalue weighted by atomic mass is 10.1. The lowest BCUT2D eigenvalue weighted by Crippen LogP contribution is -2.24. The van der Waals surface area contributed by atoms with Crippen LogP contribution in [-0.4, -0.2) is 11.6 Å². The van der Waals surface area contributed by atoms with Crippen molar-refractivity contribution in [3.8, 4) is 11.5 Å². The van der Waals surface area contributed by atoms with Crippen molar-refractivity contribution in [3.05, 3.63) is 58.4 Å². The lowest BCUT2D eigenvalue weighted by molar-refractivity contribution is 0.00646. The van der Waals surface area contributed by atoms with Gasteiger partial charge in [-0.2, -0.15) is 0 Å². The van der Waals surface area contributed by atoms with Crippen LogP contribution in [0.1, 0.15) is 36.7 Å². The SMILES string of the molecule is Cc1cc(C(=O)OC(C)(C)C)c(F)cc1Oc1ccc(Cl)cc1. The summed E-state index contributed by atoms with van der Waals surface area (Å²) in [5, 5.41) is 0.584. The van der Waals surface area contributed by atoms with E-state index in [4.69, 9.17) is 21.1 Å². The zero-order valence-corrected chi connectivity index (χ0v) is 14.2. The van der Waals surface area contributed by atoms with Crippen LogP contribution in [0.2, 0.25) is 5.02 Å². The van der Waals surface area contributed by atoms with Crippen molar-refractivity contribution in [3.63, 3.8) is 0 Å². The molecule has 0 heterocycles. The van der Waals surface area contributed by atoms with Crippen LogP contribution in [0, 0.1) is 12.7 Å². The fraction of sp³-hybridized carbons (Fsp3) is 0.278. The fourth-order valence-corrected chi connectivity index (χ4v) is 2.02. The molecule has 5 heteroatoms. The molecule has 0 unspecified atom stereocenters. The molecule has 3 nitrogen and oxygen atoms in total. The van der Waals surface area contributed by atoms with Gasteiger partial charge < -0.3 is 9.47 Å². The normalized spacial score (nSPS) is 11.2. The number of hydrogen-bond donors (Lipinski definition) is 0. The first-order valence-electron chi connectivity index (χ1n) is 7.12. The summed E-state index contributed by atoms with van der Waals surface area (Å²) < 4.78 is 25.0. The molecule has 0 aliphatic rings. The van der Waals surface area contributed by atoms with Gasteiger partial charge in [-0.05, 0) is 63.6 Å². The largest absolute Gasteiger partial charge is 0.457 e. The van der Waals surface area contributed by atoms with Crippen LogP contribution in [0.15, 0.2) is 36.4 Å². The average molecular weight is 337 g/mol. The second-order valence-electron chi connectivity index (χ2n) is 6.16. The number of ether oxygens (including phenoxy) is 2. The Morgan fingerprint density at radius 3 is 2.30 bits per heavy atom. The Balaban J connectivity index is 2.26. The summed E-state index contributed by atoms with van der Waals surface area (Å²) in [5.74, 6) is -0.524. The summed E-state index contributed by atoms with van der Waals surface area (Å²) in [6.45, 7) is 6.92. The summed E-state index contributed by atoms with van der Waals surface area (Å²) in [5.41, 5.74) is -0.168. The van der Waals surface area contributed by atoms with Gasteiger partial charge in [-0.3, -0.25) is 0 Å². The molecule has 0 radical (unpaired) electrons. The molecular weight excluding hydrogens is 319 g/mol. The number of esters is 1. The van der Waals surface area contributed by atoms with Crippen molar-refractivity contribution in [1.82, 2.24) is 0 Å². The van der Waals surface area contributed by atoms with Gasteiger partial charge in [0.1, 0.15) is 22.9 Å². The average Bonchev–Trinajstić information content (AvgIpc) is 2.43. The van der Waals surface area contributed by atoms with Crippen molar-refractivity contribution in [2.75, 3.05) is 0 Å². The zero-order chi connectivity index (χ0) is 17.2. The standard InChI is InChI=1S/C18H18ClFO3/c1-11-9-14(17(21)23-18(2,3)4)15(20)10-16(11)22-13-7-5-12(19)6-8-13/h5-10H,1-4H3. The highest BCUT2D eigenvalue weighted by atomic mass is 35.5. The molecule has 0 amide bonds. The summed E-state index contributed by atoms with van der Waals surface area (Å²) >= 11 is 5.81. The molecule has 2 aromatic carbocycles. The van der Waals surface area contributed by atoms with Gasteiger partial charge in [-0.15, -0.1) is 0 Å². The number of rotatable bonds is 3. The Bertz CT molecular complexity index is 718. The minimum Gasteiger partial charge on any atom is -0.457 e. The molecule has 0 aliphatic heterocycles. The van der Waals surface area contributed by atoms with Crippen LogP contribution in [0.25, 0.3) is 0 Å². The van der Waals surface area contributed by atoms with Gasteiger partial charge in [0.05, 0.1) is 5.56 Å². The third kappa shape index (κ3) is 4.70. The molecule has 2 rings (SSSR count). The Morgan fingerprint density at radius 1 is 1.13 bits per heavy atom. The molecule has 0 fully saturated rings. The third-order valence-corrected chi connectivity index (χ3v) is 3.18. The van der Waals surface area contributed by atoms with Crippen LogP contribution in [0.5, 0.6) is 11.5 Å². The Kier molecular flexibility index (Phi) is 4.95. The molecule has 0 bridgehead atoms. The quantitative estimate of drug-likeness (QED) is 0.691. The molecule has 122 valence electrons. The summed E-state index contributed by atoms with van der Waals surface area (Å²) in [7, 11) is 0. The third-order valence-electron chi connectivity index (χ3n) is 2.92. The number of halogens is 2. The van der Waals surface area contributed by atoms with E-state index in [2.05, 4.69) is 0 Å². The van der Waals surface area contributed by atoms with Crippen LogP contribution in [0.3, 0.4) is 0 Å². The van der Waals surface area contributed by atoms with E-state index < -0.39 is 17.4 Å². The Hall–Kier alpha value is -2.07. The minimum absolute atomic E-state index is 0.110. The summed E-state index contributed by atoms with van der Waals surface area (Å²) in [6.07, 6.45) is 0. The van der Waals surface area contributed by atoms with Crippen molar-refractivity contribution in [2.45, 2.75) is 33.3 Å². The molecule has 23 heavy (non-hydrogen) atoms. The zero-order valence-electron chi connectivity index (χ0n) is 13.4. The highest BCUT2D eigenvalue weighted by Crippen LogP contribution is 2.29. The van der Waals surface area contributed by atoms with E-state index >= 15 is 0 Å². The van der Waals surface area contributed by atoms with Crippen LogP contribution < -0.4 is 4.74 Å². The van der Waals surface area contributed by atoms with Crippen molar-refractivity contribution < 1.29 is 18.7 Å². The number of benzene rings is 2. The highest BCUT2D eigenvalue weighted by Gasteiger charge is 2.22. The van der Waals surface area contributed by atoms with E-state index in [1.807, 2.05) is 0 Å². The first-order chi connectivity index (χ1) is 10.7. The number of carbonyl (C=O) groups is 1. The predicted molar refractivity (Wildman–Crippen MR) is 87.8 cm³/mol. The molecule has 2 aromatic rings. The van der Waals surface area contributed by atoms with Crippen LogP contribution >= 0.6 is 11.6 Å². The van der Waals surface area contributed by atoms with E-state index in [0.29, 0.717) is 22.1 Å². The van der Waals surface area contributed by atoms with Crippen LogP contribution in [0.4, 0.5) is 4.39 Å². The monoisotopic (exact) mass is 336 g/mol. The molecule has 0 N–H and O–H groups in total. The topological polar surface area (TPSA) is 35.5 Å². The van der Waals surface area contributed by atoms with Crippen LogP contribution in [-0.2, 0) is 4.74 Å². The first kappa shape index (κ1) is 17.3. The van der Waals surface area contributed by atoms with E-state index in [1.165, 1.54) is 12.1 Å². The number of hydrogen-bond acceptors (Lipinski definition) is 3. The smallest absolute Gasteiger partial charge is 0.341 e. The first-order valence-corrected chi connectivity index (χ1v) is 7.50. The summed E-state index contributed by atoms with van der Waals surface area (Å²) in [4.78, 5) is 12.0. The molecule has 0 saturated heterocycles. The minimum atomic E-state index is -0.698. The molecule has 0 aliphatic carbocycles. The van der Waals surface area contributed by atoms with E-state index in [1.54, 1.807) is 52.0 Å². The van der Waals surface area contributed by atoms with Crippen molar-refractivity contribution >= 4 is 17.6 Å². The number of carbonyl (C=O) groups excluding carboxylic acids is 1. The maximum Gasteiger partial charge on any atom is 0.341 e. The maximum absolute atomic E-state index is 14.2. The predicted octanol–water partition coefficient (Wildman–Crippen LogP) is 5.54. The fourth-order valence-electron chi connectivity index (χ4n) is 1.89. The molecule has 0 saturated carbocycles. The van der Waals surface area contributed by atoms with E-state index in [-0.39, 0.29) is 5.56 Å². The van der Waals surface area contributed by atoms with E-state index in [9.17, 15) is 9.18 Å². The second-order valence-corrected chi connectivity index (χ2v) is 6.59. The van der Waals surface area contributed by atoms with Gasteiger partial charge >= 0.3 is 5.97 Å². The molecule has 0 atom stereocenters. The second kappa shape index (κ2) is 6.59. The molecule has 0 aromatic heterocycles. The Labute approximate surface area is 140 Å². The Morgan fingerprint density at radius 2 is 1.74 bits per heavy atom. The number of aryl methyl sites for hydroxylation is 1. The van der Waals surface area contributed by atoms with Gasteiger partial charge in [0.15, 0.2) is 0 Å². The lowest BCUT2D eigenvalue weighted by Gasteiger charge is -2.20. The highest BCUT2D eigenvalue weighted by molar-refractivity contribution is 6.30. The van der Waals surface area contributed by atoms with Gasteiger partial charge in [-0.25, -0.2) is 9.18 Å². The molecular formula is C18H18ClFO3. The van der Waals surface area contributed by atoms with Crippen molar-refractivity contribution in [2.24, 2.45) is 0 Å².